The van der Waals surface area contributed by atoms with Crippen LogP contribution in [0.15, 0.2) is 18.2 Å². The molecule has 1 saturated carbocycles. The zero-order valence-electron chi connectivity index (χ0n) is 15.5. The van der Waals surface area contributed by atoms with E-state index in [2.05, 4.69) is 0 Å². The molecule has 1 fully saturated rings. The highest BCUT2D eigenvalue weighted by molar-refractivity contribution is 5.89. The number of benzene rings is 1. The fraction of sp³-hybridized carbons (Fsp3) is 0.600. The fourth-order valence-corrected chi connectivity index (χ4v) is 3.09. The van der Waals surface area contributed by atoms with Gasteiger partial charge in [-0.3, -0.25) is 4.79 Å². The monoisotopic (exact) mass is 366 g/mol. The van der Waals surface area contributed by atoms with Crippen molar-refractivity contribution in [3.63, 3.8) is 0 Å². The number of ether oxygens (including phenoxy) is 3. The van der Waals surface area contributed by atoms with Gasteiger partial charge in [0, 0.05) is 12.5 Å². The van der Waals surface area contributed by atoms with Gasteiger partial charge in [-0.2, -0.15) is 0 Å². The third-order valence-corrected chi connectivity index (χ3v) is 4.67. The smallest absolute Gasteiger partial charge is 0.341 e. The summed E-state index contributed by atoms with van der Waals surface area (Å²) in [6.07, 6.45) is 5.47. The van der Waals surface area contributed by atoms with E-state index in [9.17, 15) is 14.0 Å². The van der Waals surface area contributed by atoms with Crippen LogP contribution in [0.3, 0.4) is 0 Å². The standard InChI is InChI=1S/C20H27FO5/c1-3-4-11-25-20(23)17-10-9-16(13-18(17)21)26-15-7-5-14(6-8-15)12-19(22)24-2/h9-10,13-15H,3-8,11-12H2,1-2H3/t14-,15+. The van der Waals surface area contributed by atoms with E-state index in [4.69, 9.17) is 14.2 Å². The number of halogens is 1. The second-order valence-electron chi connectivity index (χ2n) is 6.67. The third kappa shape index (κ3) is 6.00. The maximum atomic E-state index is 14.2. The summed E-state index contributed by atoms with van der Waals surface area (Å²) in [6, 6.07) is 4.23. The average molecular weight is 366 g/mol. The van der Waals surface area contributed by atoms with E-state index in [0.29, 0.717) is 24.7 Å². The molecule has 1 aliphatic rings. The predicted octanol–water partition coefficient (Wildman–Crippen LogP) is 4.28. The minimum Gasteiger partial charge on any atom is -0.490 e. The van der Waals surface area contributed by atoms with Crippen molar-refractivity contribution in [2.45, 2.75) is 58.0 Å². The number of carbonyl (C=O) groups is 2. The maximum Gasteiger partial charge on any atom is 0.341 e. The van der Waals surface area contributed by atoms with Crippen LogP contribution >= 0.6 is 0 Å². The molecule has 5 nitrogen and oxygen atoms in total. The fourth-order valence-electron chi connectivity index (χ4n) is 3.09. The Labute approximate surface area is 153 Å². The summed E-state index contributed by atoms with van der Waals surface area (Å²) in [5.74, 6) is -0.740. The molecular weight excluding hydrogens is 339 g/mol. The molecular formula is C20H27FO5. The van der Waals surface area contributed by atoms with Crippen LogP contribution in [0.4, 0.5) is 4.39 Å². The molecule has 1 aliphatic carbocycles. The van der Waals surface area contributed by atoms with Gasteiger partial charge >= 0.3 is 11.9 Å². The first-order chi connectivity index (χ1) is 12.5. The SMILES string of the molecule is CCCCOC(=O)c1ccc(O[C@H]2CC[C@@H](CC(=O)OC)CC2)cc1F. The Hall–Kier alpha value is -2.11. The van der Waals surface area contributed by atoms with Gasteiger partial charge in [-0.1, -0.05) is 13.3 Å². The summed E-state index contributed by atoms with van der Waals surface area (Å²) in [4.78, 5) is 23.2. The number of esters is 2. The van der Waals surface area contributed by atoms with Gasteiger partial charge in [0.2, 0.25) is 0 Å². The first-order valence-corrected chi connectivity index (χ1v) is 9.23. The molecule has 0 radical (unpaired) electrons. The van der Waals surface area contributed by atoms with Gasteiger partial charge < -0.3 is 14.2 Å². The van der Waals surface area contributed by atoms with E-state index < -0.39 is 11.8 Å². The Balaban J connectivity index is 1.84. The van der Waals surface area contributed by atoms with E-state index in [-0.39, 0.29) is 17.6 Å². The van der Waals surface area contributed by atoms with Crippen LogP contribution in [0.2, 0.25) is 0 Å². The first kappa shape index (κ1) is 20.2. The summed E-state index contributed by atoms with van der Waals surface area (Å²) in [5.41, 5.74) is -0.0739. The minimum atomic E-state index is -0.647. The molecule has 26 heavy (non-hydrogen) atoms. The number of rotatable bonds is 8. The quantitative estimate of drug-likeness (QED) is 0.507. The van der Waals surface area contributed by atoms with E-state index in [1.165, 1.54) is 19.2 Å². The molecule has 6 heteroatoms. The molecule has 0 spiro atoms. The second-order valence-corrected chi connectivity index (χ2v) is 6.67. The van der Waals surface area contributed by atoms with Crippen LogP contribution in [0, 0.1) is 11.7 Å². The van der Waals surface area contributed by atoms with E-state index in [1.54, 1.807) is 6.07 Å². The van der Waals surface area contributed by atoms with Crippen molar-refractivity contribution in [2.24, 2.45) is 5.92 Å². The Morgan fingerprint density at radius 1 is 1.19 bits per heavy atom. The Kier molecular flexibility index (Phi) is 7.88. The van der Waals surface area contributed by atoms with Gasteiger partial charge in [0.15, 0.2) is 0 Å². The zero-order valence-corrected chi connectivity index (χ0v) is 15.5. The van der Waals surface area contributed by atoms with Crippen molar-refractivity contribution < 1.29 is 28.2 Å². The molecule has 0 unspecified atom stereocenters. The summed E-state index contributed by atoms with van der Waals surface area (Å²) in [6.45, 7) is 2.28. The number of hydrogen-bond donors (Lipinski definition) is 0. The lowest BCUT2D eigenvalue weighted by molar-refractivity contribution is -0.142. The summed E-state index contributed by atoms with van der Waals surface area (Å²) < 4.78 is 29.8. The predicted molar refractivity (Wildman–Crippen MR) is 94.6 cm³/mol. The molecule has 144 valence electrons. The summed E-state index contributed by atoms with van der Waals surface area (Å²) >= 11 is 0. The van der Waals surface area contributed by atoms with Gasteiger partial charge in [0.1, 0.15) is 11.6 Å². The van der Waals surface area contributed by atoms with Crippen LogP contribution in [0.1, 0.15) is 62.2 Å². The molecule has 0 bridgehead atoms. The number of unbranched alkanes of at least 4 members (excludes halogenated alkanes) is 1. The maximum absolute atomic E-state index is 14.2. The van der Waals surface area contributed by atoms with Crippen molar-refractivity contribution >= 4 is 11.9 Å². The lowest BCUT2D eigenvalue weighted by Gasteiger charge is -2.28. The number of methoxy groups -OCH3 is 1. The Bertz CT molecular complexity index is 608. The van der Waals surface area contributed by atoms with Gasteiger partial charge in [0.05, 0.1) is 25.4 Å². The number of hydrogen-bond acceptors (Lipinski definition) is 5. The van der Waals surface area contributed by atoms with Gasteiger partial charge in [0.25, 0.3) is 0 Å². The average Bonchev–Trinajstić information content (AvgIpc) is 2.63. The van der Waals surface area contributed by atoms with E-state index >= 15 is 0 Å². The van der Waals surface area contributed by atoms with Crippen LogP contribution in [0.25, 0.3) is 0 Å². The van der Waals surface area contributed by atoms with E-state index in [0.717, 1.165) is 38.5 Å². The molecule has 0 aromatic heterocycles. The molecule has 0 atom stereocenters. The molecule has 2 rings (SSSR count). The highest BCUT2D eigenvalue weighted by Crippen LogP contribution is 2.30. The minimum absolute atomic E-state index is 0.00865. The highest BCUT2D eigenvalue weighted by Gasteiger charge is 2.25. The molecule has 0 N–H and O–H groups in total. The van der Waals surface area contributed by atoms with Crippen molar-refractivity contribution in [2.75, 3.05) is 13.7 Å². The highest BCUT2D eigenvalue weighted by atomic mass is 19.1. The summed E-state index contributed by atoms with van der Waals surface area (Å²) in [7, 11) is 1.40. The van der Waals surface area contributed by atoms with Gasteiger partial charge in [-0.15, -0.1) is 0 Å². The van der Waals surface area contributed by atoms with Crippen LogP contribution < -0.4 is 4.74 Å². The topological polar surface area (TPSA) is 61.8 Å². The van der Waals surface area contributed by atoms with Gasteiger partial charge in [-0.25, -0.2) is 9.18 Å². The van der Waals surface area contributed by atoms with Crippen molar-refractivity contribution in [1.82, 2.24) is 0 Å². The Morgan fingerprint density at radius 3 is 2.54 bits per heavy atom. The van der Waals surface area contributed by atoms with Crippen molar-refractivity contribution in [3.8, 4) is 5.75 Å². The lowest BCUT2D eigenvalue weighted by atomic mass is 9.85. The van der Waals surface area contributed by atoms with Crippen molar-refractivity contribution in [3.05, 3.63) is 29.6 Å². The Morgan fingerprint density at radius 2 is 1.92 bits per heavy atom. The van der Waals surface area contributed by atoms with Crippen LogP contribution in [-0.4, -0.2) is 31.8 Å². The molecule has 0 aliphatic heterocycles. The van der Waals surface area contributed by atoms with Crippen LogP contribution in [-0.2, 0) is 14.3 Å². The first-order valence-electron chi connectivity index (χ1n) is 9.23. The number of carbonyl (C=O) groups excluding carboxylic acids is 2. The largest absolute Gasteiger partial charge is 0.490 e. The summed E-state index contributed by atoms with van der Waals surface area (Å²) in [5, 5.41) is 0. The molecule has 0 amide bonds. The molecule has 0 saturated heterocycles. The van der Waals surface area contributed by atoms with Crippen molar-refractivity contribution in [1.29, 1.82) is 0 Å². The second kappa shape index (κ2) is 10.1. The molecule has 1 aromatic carbocycles. The van der Waals surface area contributed by atoms with Crippen LogP contribution in [0.5, 0.6) is 5.75 Å². The zero-order chi connectivity index (χ0) is 18.9. The third-order valence-electron chi connectivity index (χ3n) is 4.67. The normalized spacial score (nSPS) is 19.7. The molecule has 1 aromatic rings. The molecule has 0 heterocycles. The lowest BCUT2D eigenvalue weighted by Crippen LogP contribution is -2.25. The van der Waals surface area contributed by atoms with E-state index in [1.807, 2.05) is 6.92 Å². The van der Waals surface area contributed by atoms with Gasteiger partial charge in [-0.05, 0) is 50.2 Å².